The fourth-order valence-electron chi connectivity index (χ4n) is 2.99. The van der Waals surface area contributed by atoms with E-state index in [4.69, 9.17) is 0 Å². The Morgan fingerprint density at radius 3 is 2.71 bits per heavy atom. The van der Waals surface area contributed by atoms with Crippen molar-refractivity contribution >= 4 is 22.8 Å². The van der Waals surface area contributed by atoms with Gasteiger partial charge in [-0.2, -0.15) is 0 Å². The van der Waals surface area contributed by atoms with Crippen molar-refractivity contribution in [1.29, 1.82) is 0 Å². The molecule has 1 unspecified atom stereocenters. The van der Waals surface area contributed by atoms with Crippen LogP contribution in [0.25, 0.3) is 0 Å². The molecule has 0 aromatic rings. The van der Waals surface area contributed by atoms with Gasteiger partial charge in [-0.05, 0) is 12.8 Å². The molecule has 0 radical (unpaired) electrons. The summed E-state index contributed by atoms with van der Waals surface area (Å²) in [5, 5.41) is 9.73. The second-order valence-corrected chi connectivity index (χ2v) is 6.51. The highest BCUT2D eigenvalue weighted by Crippen LogP contribution is 2.39. The van der Waals surface area contributed by atoms with Crippen LogP contribution in [0.1, 0.15) is 39.0 Å². The number of nitrogens with zero attached hydrogens (tertiary/aromatic N) is 1. The van der Waals surface area contributed by atoms with Gasteiger partial charge in [0.2, 0.25) is 5.91 Å². The van der Waals surface area contributed by atoms with E-state index < -0.39 is 0 Å². The first-order valence-electron chi connectivity index (χ1n) is 6.16. The van der Waals surface area contributed by atoms with Gasteiger partial charge in [0.05, 0.1) is 12.1 Å². The van der Waals surface area contributed by atoms with Gasteiger partial charge in [-0.3, -0.25) is 9.59 Å². The van der Waals surface area contributed by atoms with Gasteiger partial charge in [0.25, 0.3) is 0 Å². The number of hydrogen-bond donors (Lipinski definition) is 1. The van der Waals surface area contributed by atoms with E-state index in [2.05, 4.69) is 0 Å². The van der Waals surface area contributed by atoms with E-state index in [0.29, 0.717) is 13.0 Å². The summed E-state index contributed by atoms with van der Waals surface area (Å²) in [6.07, 6.45) is 4.38. The molecule has 0 aromatic heterocycles. The minimum absolute atomic E-state index is 0.0518. The van der Waals surface area contributed by atoms with Crippen molar-refractivity contribution < 1.29 is 14.7 Å². The van der Waals surface area contributed by atoms with Gasteiger partial charge in [-0.1, -0.05) is 24.6 Å². The molecule has 2 fully saturated rings. The maximum Gasteiger partial charge on any atom is 0.224 e. The largest absolute Gasteiger partial charge is 0.394 e. The molecule has 0 aromatic carbocycles. The smallest absolute Gasteiger partial charge is 0.224 e. The zero-order valence-corrected chi connectivity index (χ0v) is 11.0. The molecule has 1 amide bonds. The third-order valence-corrected chi connectivity index (χ3v) is 4.80. The molecule has 1 aliphatic heterocycles. The normalized spacial score (nSPS) is 27.8. The Morgan fingerprint density at radius 2 is 2.18 bits per heavy atom. The lowest BCUT2D eigenvalue weighted by Gasteiger charge is -2.37. The number of carbonyl (C=O) groups excluding carboxylic acids is 2. The molecule has 1 N–H and O–H groups in total. The summed E-state index contributed by atoms with van der Waals surface area (Å²) in [6, 6.07) is 0. The Balaban J connectivity index is 2.06. The molecular formula is C12H19NO3S. The van der Waals surface area contributed by atoms with Crippen molar-refractivity contribution in [3.05, 3.63) is 0 Å². The molecule has 96 valence electrons. The summed E-state index contributed by atoms with van der Waals surface area (Å²) in [4.78, 5) is 24.9. The minimum atomic E-state index is -0.330. The zero-order chi connectivity index (χ0) is 12.5. The van der Waals surface area contributed by atoms with Crippen molar-refractivity contribution in [1.82, 2.24) is 4.90 Å². The molecule has 1 saturated carbocycles. The summed E-state index contributed by atoms with van der Waals surface area (Å²) in [5.41, 5.74) is -0.330. The Kier molecular flexibility index (Phi) is 3.78. The second-order valence-electron chi connectivity index (χ2n) is 5.03. The summed E-state index contributed by atoms with van der Waals surface area (Å²) >= 11 is 1.25. The Morgan fingerprint density at radius 1 is 1.53 bits per heavy atom. The summed E-state index contributed by atoms with van der Waals surface area (Å²) in [6.45, 7) is 2.20. The van der Waals surface area contributed by atoms with Gasteiger partial charge < -0.3 is 10.0 Å². The van der Waals surface area contributed by atoms with Crippen LogP contribution in [0, 0.1) is 0 Å². The predicted molar refractivity (Wildman–Crippen MR) is 66.7 cm³/mol. The lowest BCUT2D eigenvalue weighted by Crippen LogP contribution is -2.50. The third-order valence-electron chi connectivity index (χ3n) is 3.82. The monoisotopic (exact) mass is 257 g/mol. The number of thioether (sulfide) groups is 1. The van der Waals surface area contributed by atoms with Gasteiger partial charge in [-0.15, -0.1) is 0 Å². The molecule has 0 bridgehead atoms. The molecule has 1 saturated heterocycles. The number of hydrogen-bond acceptors (Lipinski definition) is 4. The summed E-state index contributed by atoms with van der Waals surface area (Å²) in [7, 11) is 0. The van der Waals surface area contributed by atoms with Crippen molar-refractivity contribution in [3.63, 3.8) is 0 Å². The van der Waals surface area contributed by atoms with E-state index in [9.17, 15) is 14.7 Å². The summed E-state index contributed by atoms with van der Waals surface area (Å²) in [5.74, 6) is 0.0969. The number of carbonyl (C=O) groups is 2. The number of rotatable bonds is 3. The molecule has 1 atom stereocenters. The molecule has 0 spiro atoms. The fourth-order valence-corrected chi connectivity index (χ4v) is 3.91. The molecule has 4 nitrogen and oxygen atoms in total. The molecule has 1 aliphatic carbocycles. The van der Waals surface area contributed by atoms with Crippen LogP contribution in [0.4, 0.5) is 0 Å². The average Bonchev–Trinajstić information content (AvgIpc) is 2.85. The van der Waals surface area contributed by atoms with Crippen LogP contribution in [-0.4, -0.2) is 45.0 Å². The Labute approximate surface area is 106 Å². The van der Waals surface area contributed by atoms with Crippen LogP contribution in [0.15, 0.2) is 0 Å². The number of aliphatic hydroxyl groups is 1. The van der Waals surface area contributed by atoms with Crippen molar-refractivity contribution in [3.8, 4) is 0 Å². The first-order chi connectivity index (χ1) is 8.07. The quantitative estimate of drug-likeness (QED) is 0.824. The average molecular weight is 257 g/mol. The second kappa shape index (κ2) is 4.98. The van der Waals surface area contributed by atoms with E-state index in [1.54, 1.807) is 0 Å². The maximum absolute atomic E-state index is 12.0. The first-order valence-corrected chi connectivity index (χ1v) is 7.04. The van der Waals surface area contributed by atoms with E-state index in [0.717, 1.165) is 25.7 Å². The van der Waals surface area contributed by atoms with E-state index in [1.165, 1.54) is 18.7 Å². The maximum atomic E-state index is 12.0. The van der Waals surface area contributed by atoms with E-state index >= 15 is 0 Å². The van der Waals surface area contributed by atoms with Crippen molar-refractivity contribution in [2.75, 3.05) is 13.2 Å². The zero-order valence-electron chi connectivity index (χ0n) is 10.1. The molecule has 5 heteroatoms. The molecule has 1 heterocycles. The first kappa shape index (κ1) is 12.9. The summed E-state index contributed by atoms with van der Waals surface area (Å²) < 4.78 is 0. The SMILES string of the molecule is CC(=O)SC1CC(=O)N(C2(CO)CCCC2)C1. The van der Waals surface area contributed by atoms with Crippen LogP contribution in [-0.2, 0) is 9.59 Å². The lowest BCUT2D eigenvalue weighted by atomic mass is 9.97. The van der Waals surface area contributed by atoms with Gasteiger partial charge in [0.15, 0.2) is 5.12 Å². The fraction of sp³-hybridized carbons (Fsp3) is 0.833. The standard InChI is InChI=1S/C12H19NO3S/c1-9(15)17-10-6-11(16)13(7-10)12(8-14)4-2-3-5-12/h10,14H,2-8H2,1H3. The Hall–Kier alpha value is -0.550. The third kappa shape index (κ3) is 2.50. The van der Waals surface area contributed by atoms with Gasteiger partial charge in [-0.25, -0.2) is 0 Å². The van der Waals surface area contributed by atoms with Crippen molar-refractivity contribution in [2.45, 2.75) is 49.8 Å². The molecular weight excluding hydrogens is 238 g/mol. The van der Waals surface area contributed by atoms with E-state index in [-0.39, 0.29) is 28.4 Å². The Bertz CT molecular complexity index is 326. The van der Waals surface area contributed by atoms with Gasteiger partial charge >= 0.3 is 0 Å². The minimum Gasteiger partial charge on any atom is -0.394 e. The van der Waals surface area contributed by atoms with E-state index in [1.807, 2.05) is 4.90 Å². The number of aliphatic hydroxyl groups excluding tert-OH is 1. The highest BCUT2D eigenvalue weighted by atomic mass is 32.2. The molecule has 2 rings (SSSR count). The van der Waals surface area contributed by atoms with Gasteiger partial charge in [0.1, 0.15) is 0 Å². The van der Waals surface area contributed by atoms with Crippen LogP contribution < -0.4 is 0 Å². The predicted octanol–water partition coefficient (Wildman–Crippen LogP) is 1.17. The van der Waals surface area contributed by atoms with Gasteiger partial charge in [0, 0.05) is 25.1 Å². The van der Waals surface area contributed by atoms with Crippen LogP contribution in [0.3, 0.4) is 0 Å². The number of likely N-dealkylation sites (tertiary alicyclic amines) is 1. The topological polar surface area (TPSA) is 57.6 Å². The van der Waals surface area contributed by atoms with Crippen LogP contribution >= 0.6 is 11.8 Å². The molecule has 2 aliphatic rings. The molecule has 17 heavy (non-hydrogen) atoms. The lowest BCUT2D eigenvalue weighted by molar-refractivity contribution is -0.134. The van der Waals surface area contributed by atoms with Crippen molar-refractivity contribution in [2.24, 2.45) is 0 Å². The highest BCUT2D eigenvalue weighted by molar-refractivity contribution is 8.14. The highest BCUT2D eigenvalue weighted by Gasteiger charge is 2.46. The van der Waals surface area contributed by atoms with Crippen LogP contribution in [0.2, 0.25) is 0 Å². The number of amides is 1. The van der Waals surface area contributed by atoms with Crippen LogP contribution in [0.5, 0.6) is 0 Å².